The van der Waals surface area contributed by atoms with Gasteiger partial charge in [-0.15, -0.1) is 24.0 Å². The molecule has 0 radical (unpaired) electrons. The quantitative estimate of drug-likeness (QED) is 0.328. The number of morpholine rings is 1. The van der Waals surface area contributed by atoms with Crippen molar-refractivity contribution in [3.05, 3.63) is 35.9 Å². The third-order valence-corrected chi connectivity index (χ3v) is 6.77. The molecule has 180 valence electrons. The number of ether oxygens (including phenoxy) is 1. The van der Waals surface area contributed by atoms with Gasteiger partial charge in [-0.2, -0.15) is 0 Å². The van der Waals surface area contributed by atoms with Gasteiger partial charge in [0.05, 0.1) is 25.3 Å². The number of halogens is 1. The number of likely N-dealkylation sites (tertiary alicyclic amines) is 1. The van der Waals surface area contributed by atoms with Crippen LogP contribution in [-0.2, 0) is 11.3 Å². The van der Waals surface area contributed by atoms with Crippen LogP contribution in [-0.4, -0.2) is 117 Å². The molecule has 1 aromatic rings. The summed E-state index contributed by atoms with van der Waals surface area (Å²) in [5.41, 5.74) is 1.38. The fourth-order valence-electron chi connectivity index (χ4n) is 4.99. The van der Waals surface area contributed by atoms with Crippen LogP contribution in [0.4, 0.5) is 0 Å². The van der Waals surface area contributed by atoms with Gasteiger partial charge in [-0.05, 0) is 39.0 Å². The smallest absolute Gasteiger partial charge is 0.194 e. The minimum atomic E-state index is 0. The molecule has 32 heavy (non-hydrogen) atoms. The maximum Gasteiger partial charge on any atom is 0.194 e. The molecule has 4 rings (SSSR count). The molecular weight excluding hydrogens is 515 g/mol. The predicted molar refractivity (Wildman–Crippen MR) is 142 cm³/mol. The van der Waals surface area contributed by atoms with Gasteiger partial charge in [-0.25, -0.2) is 0 Å². The van der Waals surface area contributed by atoms with Crippen molar-refractivity contribution in [2.45, 2.75) is 32.0 Å². The summed E-state index contributed by atoms with van der Waals surface area (Å²) in [6.45, 7) is 14.4. The lowest BCUT2D eigenvalue weighted by Gasteiger charge is -2.36. The first-order valence-electron chi connectivity index (χ1n) is 12.1. The van der Waals surface area contributed by atoms with E-state index in [4.69, 9.17) is 9.73 Å². The molecule has 3 aliphatic rings. The van der Waals surface area contributed by atoms with Crippen LogP contribution in [0.5, 0.6) is 0 Å². The molecule has 3 heterocycles. The number of nitrogens with zero attached hydrogens (tertiary/aromatic N) is 5. The molecule has 3 fully saturated rings. The summed E-state index contributed by atoms with van der Waals surface area (Å²) < 4.78 is 6.17. The number of guanidine groups is 1. The number of likely N-dealkylation sites (N-methyl/N-ethyl adjacent to an activating group) is 1. The second-order valence-electron chi connectivity index (χ2n) is 9.07. The highest BCUT2D eigenvalue weighted by Gasteiger charge is 2.41. The molecule has 3 saturated heterocycles. The fraction of sp³-hybridized carbons (Fsp3) is 0.708. The normalized spacial score (nSPS) is 25.8. The number of nitrogens with one attached hydrogen (secondary N) is 1. The Morgan fingerprint density at radius 1 is 1.09 bits per heavy atom. The van der Waals surface area contributed by atoms with Crippen molar-refractivity contribution >= 4 is 29.9 Å². The van der Waals surface area contributed by atoms with Crippen LogP contribution in [0.1, 0.15) is 18.9 Å². The zero-order valence-corrected chi connectivity index (χ0v) is 22.1. The van der Waals surface area contributed by atoms with Crippen molar-refractivity contribution in [2.24, 2.45) is 4.99 Å². The Kier molecular flexibility index (Phi) is 10.5. The molecule has 0 spiro atoms. The van der Waals surface area contributed by atoms with Crippen LogP contribution in [0.15, 0.2) is 35.3 Å². The molecule has 1 N–H and O–H groups in total. The summed E-state index contributed by atoms with van der Waals surface area (Å²) in [7, 11) is 2.22. The number of fused-ring (bicyclic) bond motifs is 1. The summed E-state index contributed by atoms with van der Waals surface area (Å²) in [4.78, 5) is 15.0. The van der Waals surface area contributed by atoms with E-state index in [-0.39, 0.29) is 30.1 Å². The highest BCUT2D eigenvalue weighted by molar-refractivity contribution is 14.0. The molecule has 8 heteroatoms. The predicted octanol–water partition coefficient (Wildman–Crippen LogP) is 1.79. The van der Waals surface area contributed by atoms with Crippen molar-refractivity contribution in [3.63, 3.8) is 0 Å². The largest absolute Gasteiger partial charge is 0.373 e. The average molecular weight is 557 g/mol. The Hall–Kier alpha value is -0.940. The first-order valence-corrected chi connectivity index (χ1v) is 12.1. The zero-order chi connectivity index (χ0) is 21.5. The lowest BCUT2D eigenvalue weighted by atomic mass is 10.1. The van der Waals surface area contributed by atoms with Gasteiger partial charge < -0.3 is 24.8 Å². The third kappa shape index (κ3) is 7.03. The van der Waals surface area contributed by atoms with Crippen molar-refractivity contribution in [1.82, 2.24) is 24.9 Å². The second kappa shape index (κ2) is 13.1. The van der Waals surface area contributed by atoms with E-state index in [0.29, 0.717) is 6.04 Å². The molecule has 2 atom stereocenters. The van der Waals surface area contributed by atoms with E-state index in [1.165, 1.54) is 25.1 Å². The highest BCUT2D eigenvalue weighted by Crippen LogP contribution is 2.24. The van der Waals surface area contributed by atoms with Gasteiger partial charge in [0.15, 0.2) is 5.96 Å². The molecule has 3 aliphatic heterocycles. The average Bonchev–Trinajstić information content (AvgIpc) is 3.12. The van der Waals surface area contributed by atoms with Crippen LogP contribution in [0, 0.1) is 0 Å². The van der Waals surface area contributed by atoms with E-state index in [1.807, 2.05) is 0 Å². The van der Waals surface area contributed by atoms with E-state index in [1.54, 1.807) is 0 Å². The SMILES string of the molecule is CCNC(=NCCN1CCCN(C)CC1)N1CC2OCCN(Cc3ccccc3)C2C1.I. The molecule has 0 saturated carbocycles. The Bertz CT molecular complexity index is 705. The van der Waals surface area contributed by atoms with Crippen LogP contribution in [0.3, 0.4) is 0 Å². The lowest BCUT2D eigenvalue weighted by Crippen LogP contribution is -2.50. The molecule has 7 nitrogen and oxygen atoms in total. The van der Waals surface area contributed by atoms with Gasteiger partial charge in [-0.1, -0.05) is 30.3 Å². The summed E-state index contributed by atoms with van der Waals surface area (Å²) in [5, 5.41) is 3.53. The van der Waals surface area contributed by atoms with Gasteiger partial charge in [0.2, 0.25) is 0 Å². The Morgan fingerprint density at radius 2 is 1.94 bits per heavy atom. The van der Waals surface area contributed by atoms with Crippen LogP contribution in [0.25, 0.3) is 0 Å². The topological polar surface area (TPSA) is 46.6 Å². The third-order valence-electron chi connectivity index (χ3n) is 6.77. The summed E-state index contributed by atoms with van der Waals surface area (Å²) in [6.07, 6.45) is 1.52. The van der Waals surface area contributed by atoms with E-state index in [9.17, 15) is 0 Å². The minimum absolute atomic E-state index is 0. The van der Waals surface area contributed by atoms with Crippen molar-refractivity contribution in [2.75, 3.05) is 79.1 Å². The lowest BCUT2D eigenvalue weighted by molar-refractivity contribution is -0.0502. The van der Waals surface area contributed by atoms with E-state index < -0.39 is 0 Å². The first kappa shape index (κ1) is 25.7. The van der Waals surface area contributed by atoms with E-state index in [0.717, 1.165) is 71.5 Å². The van der Waals surface area contributed by atoms with Gasteiger partial charge in [0.1, 0.15) is 0 Å². The first-order chi connectivity index (χ1) is 15.2. The summed E-state index contributed by atoms with van der Waals surface area (Å²) in [6, 6.07) is 11.2. The maximum atomic E-state index is 6.17. The van der Waals surface area contributed by atoms with Gasteiger partial charge in [0, 0.05) is 52.4 Å². The van der Waals surface area contributed by atoms with Crippen LogP contribution < -0.4 is 5.32 Å². The fourth-order valence-corrected chi connectivity index (χ4v) is 4.99. The molecule has 0 amide bonds. The Labute approximate surface area is 211 Å². The van der Waals surface area contributed by atoms with Gasteiger partial charge >= 0.3 is 0 Å². The Balaban J connectivity index is 0.00000289. The number of aliphatic imine (C=N–C) groups is 1. The molecule has 0 aromatic heterocycles. The van der Waals surface area contributed by atoms with Gasteiger partial charge in [0.25, 0.3) is 0 Å². The maximum absolute atomic E-state index is 6.17. The highest BCUT2D eigenvalue weighted by atomic mass is 127. The monoisotopic (exact) mass is 556 g/mol. The number of benzene rings is 1. The van der Waals surface area contributed by atoms with Crippen LogP contribution in [0.2, 0.25) is 0 Å². The number of hydrogen-bond acceptors (Lipinski definition) is 5. The zero-order valence-electron chi connectivity index (χ0n) is 19.8. The molecular formula is C24H41IN6O. The van der Waals surface area contributed by atoms with Crippen LogP contribution >= 0.6 is 24.0 Å². The standard InChI is InChI=1S/C24H40N6O.HI/c1-3-25-24(26-10-13-28-12-7-11-27(2)14-15-28)30-19-22-23(20-30)31-17-16-29(22)18-21-8-5-4-6-9-21;/h4-6,8-9,22-23H,3,7,10-20H2,1-2H3,(H,25,26);1H. The molecule has 0 bridgehead atoms. The molecule has 1 aromatic carbocycles. The van der Waals surface area contributed by atoms with Crippen molar-refractivity contribution in [1.29, 1.82) is 0 Å². The van der Waals surface area contributed by atoms with E-state index in [2.05, 4.69) is 69.2 Å². The molecule has 0 aliphatic carbocycles. The minimum Gasteiger partial charge on any atom is -0.373 e. The van der Waals surface area contributed by atoms with Crippen molar-refractivity contribution < 1.29 is 4.74 Å². The van der Waals surface area contributed by atoms with Gasteiger partial charge in [-0.3, -0.25) is 9.89 Å². The number of hydrogen-bond donors (Lipinski definition) is 1. The van der Waals surface area contributed by atoms with Crippen molar-refractivity contribution in [3.8, 4) is 0 Å². The second-order valence-corrected chi connectivity index (χ2v) is 9.07. The number of rotatable bonds is 6. The summed E-state index contributed by atoms with van der Waals surface area (Å²) >= 11 is 0. The summed E-state index contributed by atoms with van der Waals surface area (Å²) in [5.74, 6) is 1.05. The Morgan fingerprint density at radius 3 is 2.75 bits per heavy atom. The van der Waals surface area contributed by atoms with E-state index >= 15 is 0 Å². The molecule has 2 unspecified atom stereocenters.